The topological polar surface area (TPSA) is 73.7 Å². The monoisotopic (exact) mass is 499 g/mol. The van der Waals surface area contributed by atoms with Crippen LogP contribution in [0.25, 0.3) is 16.6 Å². The highest BCUT2D eigenvalue weighted by Crippen LogP contribution is 2.29. The number of aromatic nitrogens is 2. The number of benzene rings is 3. The Morgan fingerprint density at radius 1 is 0.946 bits per heavy atom. The van der Waals surface area contributed by atoms with Crippen molar-refractivity contribution < 1.29 is 14.3 Å². The predicted molar refractivity (Wildman–Crippen MR) is 146 cm³/mol. The molecule has 0 saturated carbocycles. The standard InChI is InChI=1S/C30H33N3O4/c1-5-7-19-32(29(34)21-11-10-12-24(20-21)37-4)27(6-2)28-31-26-14-9-8-13-25(26)30(35)33(28)22-15-17-23(36-3)18-16-22/h8-18,20,27H,5-7,19H2,1-4H3/t27-/m1/s1. The molecule has 3 aromatic carbocycles. The van der Waals surface area contributed by atoms with E-state index in [1.165, 1.54) is 0 Å². The summed E-state index contributed by atoms with van der Waals surface area (Å²) in [7, 11) is 3.19. The fourth-order valence-electron chi connectivity index (χ4n) is 4.55. The van der Waals surface area contributed by atoms with Gasteiger partial charge in [-0.1, -0.05) is 38.5 Å². The molecule has 0 N–H and O–H groups in total. The quantitative estimate of drug-likeness (QED) is 0.276. The molecule has 0 unspecified atom stereocenters. The number of nitrogens with zero attached hydrogens (tertiary/aromatic N) is 3. The van der Waals surface area contributed by atoms with Gasteiger partial charge in [0.15, 0.2) is 0 Å². The van der Waals surface area contributed by atoms with Gasteiger partial charge in [0, 0.05) is 12.1 Å². The van der Waals surface area contributed by atoms with Gasteiger partial charge in [0.05, 0.1) is 36.9 Å². The van der Waals surface area contributed by atoms with Gasteiger partial charge in [-0.25, -0.2) is 4.98 Å². The minimum atomic E-state index is -0.426. The molecule has 0 fully saturated rings. The van der Waals surface area contributed by atoms with Crippen molar-refractivity contribution in [2.75, 3.05) is 20.8 Å². The van der Waals surface area contributed by atoms with Crippen LogP contribution in [0.4, 0.5) is 0 Å². The number of carbonyl (C=O) groups is 1. The third-order valence-corrected chi connectivity index (χ3v) is 6.52. The van der Waals surface area contributed by atoms with E-state index in [1.807, 2.05) is 66.4 Å². The van der Waals surface area contributed by atoms with Crippen molar-refractivity contribution in [3.8, 4) is 17.2 Å². The van der Waals surface area contributed by atoms with Crippen LogP contribution in [-0.4, -0.2) is 41.1 Å². The molecule has 4 rings (SSSR count). The van der Waals surface area contributed by atoms with E-state index in [0.717, 1.165) is 12.8 Å². The highest BCUT2D eigenvalue weighted by atomic mass is 16.5. The molecule has 4 aromatic rings. The summed E-state index contributed by atoms with van der Waals surface area (Å²) in [5, 5.41) is 0.524. The van der Waals surface area contributed by atoms with Crippen LogP contribution in [0.3, 0.4) is 0 Å². The summed E-state index contributed by atoms with van der Waals surface area (Å²) in [6.45, 7) is 4.65. The Morgan fingerprint density at radius 2 is 1.68 bits per heavy atom. The lowest BCUT2D eigenvalue weighted by atomic mass is 10.1. The van der Waals surface area contributed by atoms with Crippen LogP contribution in [0.1, 0.15) is 55.3 Å². The first kappa shape index (κ1) is 25.9. The van der Waals surface area contributed by atoms with Crippen LogP contribution in [0.2, 0.25) is 0 Å². The number of ether oxygens (including phenoxy) is 2. The minimum Gasteiger partial charge on any atom is -0.497 e. The predicted octanol–water partition coefficient (Wildman–Crippen LogP) is 5.80. The molecule has 7 heteroatoms. The van der Waals surface area contributed by atoms with Crippen LogP contribution in [-0.2, 0) is 0 Å². The third kappa shape index (κ3) is 5.35. The van der Waals surface area contributed by atoms with Crippen molar-refractivity contribution in [3.63, 3.8) is 0 Å². The van der Waals surface area contributed by atoms with E-state index < -0.39 is 6.04 Å². The van der Waals surface area contributed by atoms with Gasteiger partial charge in [-0.05, 0) is 67.4 Å². The lowest BCUT2D eigenvalue weighted by Gasteiger charge is -2.32. The second kappa shape index (κ2) is 11.7. The fourth-order valence-corrected chi connectivity index (χ4v) is 4.55. The van der Waals surface area contributed by atoms with Crippen molar-refractivity contribution in [2.45, 2.75) is 39.2 Å². The number of fused-ring (bicyclic) bond motifs is 1. The first-order valence-electron chi connectivity index (χ1n) is 12.6. The maximum Gasteiger partial charge on any atom is 0.266 e. The van der Waals surface area contributed by atoms with Crippen molar-refractivity contribution in [3.05, 3.63) is 94.5 Å². The van der Waals surface area contributed by atoms with Gasteiger partial charge in [-0.15, -0.1) is 0 Å². The first-order valence-corrected chi connectivity index (χ1v) is 12.6. The molecule has 1 amide bonds. The average molecular weight is 500 g/mol. The summed E-state index contributed by atoms with van der Waals surface area (Å²) in [4.78, 5) is 34.6. The molecule has 37 heavy (non-hydrogen) atoms. The Labute approximate surface area is 217 Å². The van der Waals surface area contributed by atoms with Gasteiger partial charge in [-0.3, -0.25) is 14.2 Å². The van der Waals surface area contributed by atoms with E-state index in [4.69, 9.17) is 14.5 Å². The van der Waals surface area contributed by atoms with E-state index >= 15 is 0 Å². The normalized spacial score (nSPS) is 11.8. The van der Waals surface area contributed by atoms with Crippen LogP contribution in [0.15, 0.2) is 77.6 Å². The number of para-hydroxylation sites is 1. The Hall–Kier alpha value is -4.13. The van der Waals surface area contributed by atoms with Gasteiger partial charge >= 0.3 is 0 Å². The summed E-state index contributed by atoms with van der Waals surface area (Å²) in [5.74, 6) is 1.72. The van der Waals surface area contributed by atoms with Crippen molar-refractivity contribution in [2.24, 2.45) is 0 Å². The zero-order valence-corrected chi connectivity index (χ0v) is 21.8. The summed E-state index contributed by atoms with van der Waals surface area (Å²) in [6.07, 6.45) is 2.33. The molecule has 0 radical (unpaired) electrons. The first-order chi connectivity index (χ1) is 18.0. The number of hydrogen-bond acceptors (Lipinski definition) is 5. The van der Waals surface area contributed by atoms with Gasteiger partial charge in [-0.2, -0.15) is 0 Å². The Bertz CT molecular complexity index is 1430. The number of unbranched alkanes of at least 4 members (excludes halogenated alkanes) is 1. The van der Waals surface area contributed by atoms with E-state index in [1.54, 1.807) is 37.0 Å². The van der Waals surface area contributed by atoms with Crippen LogP contribution in [0, 0.1) is 0 Å². The average Bonchev–Trinajstić information content (AvgIpc) is 2.95. The molecule has 192 valence electrons. The Kier molecular flexibility index (Phi) is 8.23. The maximum absolute atomic E-state index is 13.9. The molecule has 0 spiro atoms. The van der Waals surface area contributed by atoms with Gasteiger partial charge < -0.3 is 14.4 Å². The van der Waals surface area contributed by atoms with Crippen LogP contribution in [0.5, 0.6) is 11.5 Å². The number of carbonyl (C=O) groups excluding carboxylic acids is 1. The molecule has 0 aliphatic heterocycles. The molecule has 7 nitrogen and oxygen atoms in total. The second-order valence-electron chi connectivity index (χ2n) is 8.83. The molecular weight excluding hydrogens is 466 g/mol. The number of amides is 1. The van der Waals surface area contributed by atoms with E-state index in [0.29, 0.717) is 52.4 Å². The van der Waals surface area contributed by atoms with Crippen molar-refractivity contribution >= 4 is 16.8 Å². The van der Waals surface area contributed by atoms with Crippen molar-refractivity contribution in [1.82, 2.24) is 14.5 Å². The summed E-state index contributed by atoms with van der Waals surface area (Å²) in [6, 6.07) is 21.4. The molecule has 1 aromatic heterocycles. The smallest absolute Gasteiger partial charge is 0.266 e. The molecule has 0 bridgehead atoms. The third-order valence-electron chi connectivity index (χ3n) is 6.52. The van der Waals surface area contributed by atoms with Gasteiger partial charge in [0.2, 0.25) is 0 Å². The fraction of sp³-hybridized carbons (Fsp3) is 0.300. The zero-order chi connectivity index (χ0) is 26.4. The lowest BCUT2D eigenvalue weighted by Crippen LogP contribution is -2.39. The molecule has 0 aliphatic rings. The summed E-state index contributed by atoms with van der Waals surface area (Å²) in [5.41, 5.74) is 1.64. The van der Waals surface area contributed by atoms with E-state index in [9.17, 15) is 9.59 Å². The second-order valence-corrected chi connectivity index (χ2v) is 8.83. The molecule has 1 heterocycles. The van der Waals surface area contributed by atoms with Crippen molar-refractivity contribution in [1.29, 1.82) is 0 Å². The summed E-state index contributed by atoms with van der Waals surface area (Å²) < 4.78 is 12.3. The zero-order valence-electron chi connectivity index (χ0n) is 21.8. The largest absolute Gasteiger partial charge is 0.497 e. The maximum atomic E-state index is 13.9. The summed E-state index contributed by atoms with van der Waals surface area (Å²) >= 11 is 0. The molecular formula is C30H33N3O4. The Morgan fingerprint density at radius 3 is 2.35 bits per heavy atom. The molecule has 0 saturated heterocycles. The molecule has 0 aliphatic carbocycles. The highest BCUT2D eigenvalue weighted by Gasteiger charge is 2.29. The van der Waals surface area contributed by atoms with Crippen LogP contribution < -0.4 is 15.0 Å². The SMILES string of the molecule is CCCCN(C(=O)c1cccc(OC)c1)[C@H](CC)c1nc2ccccc2c(=O)n1-c1ccc(OC)cc1. The van der Waals surface area contributed by atoms with Gasteiger partial charge in [0.1, 0.15) is 17.3 Å². The van der Waals surface area contributed by atoms with Crippen LogP contribution >= 0.6 is 0 Å². The molecule has 1 atom stereocenters. The lowest BCUT2D eigenvalue weighted by molar-refractivity contribution is 0.0655. The number of rotatable bonds is 10. The van der Waals surface area contributed by atoms with E-state index in [-0.39, 0.29) is 11.5 Å². The van der Waals surface area contributed by atoms with E-state index in [2.05, 4.69) is 6.92 Å². The van der Waals surface area contributed by atoms with Gasteiger partial charge in [0.25, 0.3) is 11.5 Å². The number of methoxy groups -OCH3 is 2. The Balaban J connectivity index is 1.92. The highest BCUT2D eigenvalue weighted by molar-refractivity contribution is 5.95. The number of hydrogen-bond donors (Lipinski definition) is 0. The minimum absolute atomic E-state index is 0.122.